The van der Waals surface area contributed by atoms with Crippen molar-refractivity contribution in [3.8, 4) is 0 Å². The highest BCUT2D eigenvalue weighted by Gasteiger charge is 2.04. The second kappa shape index (κ2) is 5.37. The number of nitrogens with zero attached hydrogens (tertiary/aromatic N) is 1. The quantitative estimate of drug-likeness (QED) is 0.478. The molecule has 1 unspecified atom stereocenters. The molecule has 2 heteroatoms. The van der Waals surface area contributed by atoms with Gasteiger partial charge in [0, 0.05) is 18.5 Å². The van der Waals surface area contributed by atoms with E-state index in [1.54, 1.807) is 0 Å². The van der Waals surface area contributed by atoms with Crippen LogP contribution in [0.15, 0.2) is 23.7 Å². The Labute approximate surface area is 77.7 Å². The van der Waals surface area contributed by atoms with Crippen LogP contribution in [0.1, 0.15) is 26.2 Å². The van der Waals surface area contributed by atoms with Crippen LogP contribution in [0.2, 0.25) is 0 Å². The lowest BCUT2D eigenvalue weighted by molar-refractivity contribution is 0.387. The molecule has 12 heavy (non-hydrogen) atoms. The average molecular weight is 183 g/mol. The van der Waals surface area contributed by atoms with E-state index in [-0.39, 0.29) is 0 Å². The standard InChI is InChI=1S/C10H18NP/c1-2-3-5-8-11-9-6-4-7-10(11)12/h4,6-7H,2-3,5,8-9,12H2,1H3. The van der Waals surface area contributed by atoms with Crippen molar-refractivity contribution in [2.24, 2.45) is 0 Å². The Morgan fingerprint density at radius 1 is 1.50 bits per heavy atom. The first-order valence-electron chi connectivity index (χ1n) is 4.72. The molecule has 0 saturated carbocycles. The molecule has 68 valence electrons. The SMILES string of the molecule is CCCCCN1CC=CC=C1P. The molecular formula is C10H18NP. The molecule has 1 nitrogen and oxygen atoms in total. The van der Waals surface area contributed by atoms with Gasteiger partial charge >= 0.3 is 0 Å². The third kappa shape index (κ3) is 2.98. The van der Waals surface area contributed by atoms with Gasteiger partial charge in [-0.05, 0) is 12.5 Å². The number of hydrogen-bond acceptors (Lipinski definition) is 1. The van der Waals surface area contributed by atoms with Gasteiger partial charge in [0.05, 0.1) is 0 Å². The predicted octanol–water partition coefficient (Wildman–Crippen LogP) is 2.76. The maximum Gasteiger partial charge on any atom is 0.0362 e. The van der Waals surface area contributed by atoms with Gasteiger partial charge in [-0.3, -0.25) is 0 Å². The molecule has 0 spiro atoms. The minimum atomic E-state index is 1.08. The summed E-state index contributed by atoms with van der Waals surface area (Å²) in [5.41, 5.74) is 1.33. The Morgan fingerprint density at radius 3 is 3.00 bits per heavy atom. The van der Waals surface area contributed by atoms with E-state index >= 15 is 0 Å². The zero-order chi connectivity index (χ0) is 8.81. The third-order valence-electron chi connectivity index (χ3n) is 2.13. The Hall–Kier alpha value is -0.290. The molecule has 0 aliphatic carbocycles. The van der Waals surface area contributed by atoms with Crippen LogP contribution in [0.5, 0.6) is 0 Å². The summed E-state index contributed by atoms with van der Waals surface area (Å²) in [5.74, 6) is 0. The van der Waals surface area contributed by atoms with E-state index < -0.39 is 0 Å². The van der Waals surface area contributed by atoms with Gasteiger partial charge in [0.15, 0.2) is 0 Å². The van der Waals surface area contributed by atoms with Crippen molar-refractivity contribution in [1.29, 1.82) is 0 Å². The fourth-order valence-electron chi connectivity index (χ4n) is 1.34. The fourth-order valence-corrected chi connectivity index (χ4v) is 1.68. The summed E-state index contributed by atoms with van der Waals surface area (Å²) < 4.78 is 0. The molecule has 1 atom stereocenters. The van der Waals surface area contributed by atoms with Crippen molar-refractivity contribution >= 4 is 9.24 Å². The molecule has 0 bridgehead atoms. The van der Waals surface area contributed by atoms with Crippen molar-refractivity contribution in [1.82, 2.24) is 4.90 Å². The van der Waals surface area contributed by atoms with Crippen LogP contribution in [-0.2, 0) is 0 Å². The Morgan fingerprint density at radius 2 is 2.33 bits per heavy atom. The molecule has 1 aliphatic rings. The molecule has 0 aromatic carbocycles. The summed E-state index contributed by atoms with van der Waals surface area (Å²) >= 11 is 0. The molecule has 0 aromatic heterocycles. The second-order valence-corrected chi connectivity index (χ2v) is 3.76. The van der Waals surface area contributed by atoms with Crippen molar-refractivity contribution < 1.29 is 0 Å². The highest BCUT2D eigenvalue weighted by atomic mass is 31.0. The summed E-state index contributed by atoms with van der Waals surface area (Å²) in [6, 6.07) is 0. The zero-order valence-corrected chi connectivity index (χ0v) is 8.95. The molecule has 0 fully saturated rings. The monoisotopic (exact) mass is 183 g/mol. The van der Waals surface area contributed by atoms with E-state index in [1.807, 2.05) is 0 Å². The minimum absolute atomic E-state index is 1.08. The maximum absolute atomic E-state index is 2.79. The minimum Gasteiger partial charge on any atom is -0.368 e. The van der Waals surface area contributed by atoms with Crippen molar-refractivity contribution in [3.05, 3.63) is 23.7 Å². The zero-order valence-electron chi connectivity index (χ0n) is 7.79. The molecule has 0 saturated heterocycles. The first kappa shape index (κ1) is 9.80. The molecule has 1 rings (SSSR count). The molecule has 1 heterocycles. The van der Waals surface area contributed by atoms with E-state index in [4.69, 9.17) is 0 Å². The lowest BCUT2D eigenvalue weighted by Crippen LogP contribution is -2.23. The van der Waals surface area contributed by atoms with E-state index in [9.17, 15) is 0 Å². The summed E-state index contributed by atoms with van der Waals surface area (Å²) in [4.78, 5) is 2.40. The lowest BCUT2D eigenvalue weighted by atomic mass is 10.2. The van der Waals surface area contributed by atoms with Crippen molar-refractivity contribution in [2.75, 3.05) is 13.1 Å². The van der Waals surface area contributed by atoms with Crippen LogP contribution in [0.3, 0.4) is 0 Å². The molecule has 0 aromatic rings. The number of allylic oxidation sites excluding steroid dienone is 2. The van der Waals surface area contributed by atoms with Gasteiger partial charge < -0.3 is 4.90 Å². The largest absolute Gasteiger partial charge is 0.368 e. The van der Waals surface area contributed by atoms with Crippen LogP contribution in [0, 0.1) is 0 Å². The molecule has 0 radical (unpaired) electrons. The van der Waals surface area contributed by atoms with Gasteiger partial charge in [-0.1, -0.05) is 41.2 Å². The van der Waals surface area contributed by atoms with Gasteiger partial charge in [-0.2, -0.15) is 0 Å². The third-order valence-corrected chi connectivity index (χ3v) is 2.68. The summed E-state index contributed by atoms with van der Waals surface area (Å²) in [6.45, 7) is 4.53. The highest BCUT2D eigenvalue weighted by Crippen LogP contribution is 2.16. The number of rotatable bonds is 4. The second-order valence-electron chi connectivity index (χ2n) is 3.17. The van der Waals surface area contributed by atoms with E-state index in [2.05, 4.69) is 39.3 Å². The van der Waals surface area contributed by atoms with Gasteiger partial charge in [0.2, 0.25) is 0 Å². The number of hydrogen-bond donors (Lipinski definition) is 0. The molecule has 0 N–H and O–H groups in total. The highest BCUT2D eigenvalue weighted by molar-refractivity contribution is 7.22. The summed E-state index contributed by atoms with van der Waals surface area (Å²) in [7, 11) is 2.79. The maximum atomic E-state index is 2.79. The van der Waals surface area contributed by atoms with Crippen molar-refractivity contribution in [2.45, 2.75) is 26.2 Å². The molecular weight excluding hydrogens is 165 g/mol. The van der Waals surface area contributed by atoms with Crippen LogP contribution >= 0.6 is 9.24 Å². The van der Waals surface area contributed by atoms with Gasteiger partial charge in [0.1, 0.15) is 0 Å². The van der Waals surface area contributed by atoms with Crippen LogP contribution < -0.4 is 0 Å². The Bertz CT molecular complexity index is 184. The van der Waals surface area contributed by atoms with Crippen LogP contribution in [-0.4, -0.2) is 18.0 Å². The molecule has 1 aliphatic heterocycles. The molecule has 0 amide bonds. The smallest absolute Gasteiger partial charge is 0.0362 e. The summed E-state index contributed by atoms with van der Waals surface area (Å²) in [6.07, 6.45) is 10.5. The average Bonchev–Trinajstić information content (AvgIpc) is 2.09. The van der Waals surface area contributed by atoms with E-state index in [0.29, 0.717) is 0 Å². The van der Waals surface area contributed by atoms with Gasteiger partial charge in [-0.25, -0.2) is 0 Å². The topological polar surface area (TPSA) is 3.24 Å². The van der Waals surface area contributed by atoms with Crippen LogP contribution in [0.25, 0.3) is 0 Å². The van der Waals surface area contributed by atoms with E-state index in [0.717, 1.165) is 6.54 Å². The first-order chi connectivity index (χ1) is 5.84. The Kier molecular flexibility index (Phi) is 4.39. The van der Waals surface area contributed by atoms with Crippen LogP contribution in [0.4, 0.5) is 0 Å². The Balaban J connectivity index is 2.24. The predicted molar refractivity (Wildman–Crippen MR) is 58.0 cm³/mol. The lowest BCUT2D eigenvalue weighted by Gasteiger charge is -2.25. The summed E-state index contributed by atoms with van der Waals surface area (Å²) in [5, 5.41) is 0. The van der Waals surface area contributed by atoms with E-state index in [1.165, 1.54) is 31.2 Å². The van der Waals surface area contributed by atoms with Gasteiger partial charge in [0.25, 0.3) is 0 Å². The van der Waals surface area contributed by atoms with Gasteiger partial charge in [-0.15, -0.1) is 0 Å². The number of unbranched alkanes of at least 4 members (excludes halogenated alkanes) is 2. The normalized spacial score (nSPS) is 16.5. The fraction of sp³-hybridized carbons (Fsp3) is 0.600. The first-order valence-corrected chi connectivity index (χ1v) is 5.29. The van der Waals surface area contributed by atoms with Crippen molar-refractivity contribution in [3.63, 3.8) is 0 Å².